The van der Waals surface area contributed by atoms with Gasteiger partial charge in [0.05, 0.1) is 23.9 Å². The molecule has 3 rings (SSSR count). The minimum absolute atomic E-state index is 0.127. The molecule has 122 valence electrons. The molecule has 2 saturated heterocycles. The minimum Gasteiger partial charge on any atom is -0.399 e. The molecule has 3 heterocycles. The van der Waals surface area contributed by atoms with Crippen LogP contribution in [0.2, 0.25) is 0 Å². The summed E-state index contributed by atoms with van der Waals surface area (Å²) < 4.78 is 17.8. The number of hydrogen-bond acceptors (Lipinski definition) is 5. The van der Waals surface area contributed by atoms with E-state index in [4.69, 9.17) is 14.0 Å². The van der Waals surface area contributed by atoms with Gasteiger partial charge in [-0.05, 0) is 52.2 Å². The van der Waals surface area contributed by atoms with Crippen molar-refractivity contribution < 1.29 is 14.0 Å². The third-order valence-corrected chi connectivity index (χ3v) is 5.22. The van der Waals surface area contributed by atoms with Crippen LogP contribution >= 0.6 is 0 Å². The fourth-order valence-electron chi connectivity index (χ4n) is 2.95. The van der Waals surface area contributed by atoms with Crippen molar-refractivity contribution in [1.29, 1.82) is 5.26 Å². The van der Waals surface area contributed by atoms with Crippen LogP contribution in [0, 0.1) is 11.3 Å². The molecule has 0 aromatic carbocycles. The summed E-state index contributed by atoms with van der Waals surface area (Å²) in [6.45, 7) is 10.5. The van der Waals surface area contributed by atoms with E-state index in [-0.39, 0.29) is 17.1 Å². The first-order valence-electron chi connectivity index (χ1n) is 8.02. The van der Waals surface area contributed by atoms with E-state index in [9.17, 15) is 5.26 Å². The van der Waals surface area contributed by atoms with Gasteiger partial charge in [0, 0.05) is 24.2 Å². The average Bonchev–Trinajstić information content (AvgIpc) is 2.98. The number of hydrogen-bond donors (Lipinski definition) is 0. The minimum atomic E-state index is -0.716. The molecule has 2 aliphatic rings. The van der Waals surface area contributed by atoms with Crippen LogP contribution in [0.3, 0.4) is 0 Å². The van der Waals surface area contributed by atoms with E-state index in [1.54, 1.807) is 6.20 Å². The van der Waals surface area contributed by atoms with Crippen molar-refractivity contribution >= 4 is 12.6 Å². The normalized spacial score (nSPS) is 32.0. The quantitative estimate of drug-likeness (QED) is 0.783. The zero-order chi connectivity index (χ0) is 16.9. The first kappa shape index (κ1) is 16.4. The maximum Gasteiger partial charge on any atom is 0.494 e. The summed E-state index contributed by atoms with van der Waals surface area (Å²) in [6.07, 6.45) is 2.43. The second-order valence-electron chi connectivity index (χ2n) is 7.66. The molecule has 0 N–H and O–H groups in total. The maximum atomic E-state index is 9.20. The van der Waals surface area contributed by atoms with Crippen LogP contribution in [0.5, 0.6) is 0 Å². The third kappa shape index (κ3) is 2.89. The van der Waals surface area contributed by atoms with Gasteiger partial charge in [-0.25, -0.2) is 0 Å². The molecule has 1 aromatic heterocycles. The Labute approximate surface area is 138 Å². The fraction of sp³-hybridized carbons (Fsp3) is 0.647. The standard InChI is InChI=1S/C17H23BN2O3/c1-15(2)16(3,4)23-18(22-15)13-6-7-20-14(8-13)12-9-17(5,11-19)21-10-12/h6-8,12H,9-10H2,1-5H3. The number of rotatable bonds is 2. The molecular weight excluding hydrogens is 291 g/mol. The molecule has 2 aliphatic heterocycles. The largest absolute Gasteiger partial charge is 0.494 e. The highest BCUT2D eigenvalue weighted by molar-refractivity contribution is 6.62. The Morgan fingerprint density at radius 2 is 1.87 bits per heavy atom. The molecular formula is C17H23BN2O3. The van der Waals surface area contributed by atoms with Gasteiger partial charge in [-0.1, -0.05) is 0 Å². The lowest BCUT2D eigenvalue weighted by Gasteiger charge is -2.32. The van der Waals surface area contributed by atoms with Crippen molar-refractivity contribution in [3.63, 3.8) is 0 Å². The Morgan fingerprint density at radius 3 is 2.43 bits per heavy atom. The third-order valence-electron chi connectivity index (χ3n) is 5.22. The van der Waals surface area contributed by atoms with Gasteiger partial charge in [-0.2, -0.15) is 5.26 Å². The van der Waals surface area contributed by atoms with Crippen molar-refractivity contribution in [3.05, 3.63) is 24.0 Å². The first-order valence-corrected chi connectivity index (χ1v) is 8.02. The number of nitrogens with zero attached hydrogens (tertiary/aromatic N) is 2. The molecule has 0 bridgehead atoms. The Kier molecular flexibility index (Phi) is 3.79. The molecule has 5 nitrogen and oxygen atoms in total. The van der Waals surface area contributed by atoms with E-state index in [1.807, 2.05) is 46.8 Å². The molecule has 23 heavy (non-hydrogen) atoms. The lowest BCUT2D eigenvalue weighted by molar-refractivity contribution is 0.00578. The van der Waals surface area contributed by atoms with Crippen LogP contribution in [0.4, 0.5) is 0 Å². The van der Waals surface area contributed by atoms with Crippen LogP contribution in [-0.2, 0) is 14.0 Å². The predicted molar refractivity (Wildman–Crippen MR) is 87.3 cm³/mol. The highest BCUT2D eigenvalue weighted by atomic mass is 16.7. The van der Waals surface area contributed by atoms with Gasteiger partial charge in [0.1, 0.15) is 0 Å². The van der Waals surface area contributed by atoms with Crippen molar-refractivity contribution in [1.82, 2.24) is 4.98 Å². The Hall–Kier alpha value is -1.42. The highest BCUT2D eigenvalue weighted by Crippen LogP contribution is 2.37. The molecule has 2 fully saturated rings. The predicted octanol–water partition coefficient (Wildman–Crippen LogP) is 2.17. The van der Waals surface area contributed by atoms with E-state index in [0.29, 0.717) is 13.0 Å². The van der Waals surface area contributed by atoms with Gasteiger partial charge in [0.25, 0.3) is 0 Å². The van der Waals surface area contributed by atoms with Crippen LogP contribution in [0.1, 0.15) is 52.7 Å². The highest BCUT2D eigenvalue weighted by Gasteiger charge is 2.51. The number of aromatic nitrogens is 1. The second-order valence-corrected chi connectivity index (χ2v) is 7.66. The van der Waals surface area contributed by atoms with Gasteiger partial charge in [0.2, 0.25) is 0 Å². The van der Waals surface area contributed by atoms with Gasteiger partial charge in [-0.15, -0.1) is 0 Å². The van der Waals surface area contributed by atoms with Gasteiger partial charge in [0.15, 0.2) is 5.60 Å². The van der Waals surface area contributed by atoms with Gasteiger partial charge >= 0.3 is 7.12 Å². The van der Waals surface area contributed by atoms with E-state index < -0.39 is 12.7 Å². The van der Waals surface area contributed by atoms with Crippen LogP contribution in [0.25, 0.3) is 0 Å². The first-order chi connectivity index (χ1) is 10.7. The molecule has 0 radical (unpaired) electrons. The molecule has 0 spiro atoms. The van der Waals surface area contributed by atoms with E-state index in [2.05, 4.69) is 11.1 Å². The van der Waals surface area contributed by atoms with Crippen molar-refractivity contribution in [2.45, 2.75) is 63.8 Å². The Bertz CT molecular complexity index is 639. The fourth-order valence-corrected chi connectivity index (χ4v) is 2.95. The SMILES string of the molecule is CC1(C#N)CC(c2cc(B3OC(C)(C)C(C)(C)O3)ccn2)CO1. The molecule has 1 aromatic rings. The zero-order valence-electron chi connectivity index (χ0n) is 14.4. The molecule has 0 aliphatic carbocycles. The maximum absolute atomic E-state index is 9.20. The van der Waals surface area contributed by atoms with Crippen molar-refractivity contribution in [3.8, 4) is 6.07 Å². The Balaban J connectivity index is 1.81. The average molecular weight is 314 g/mol. The summed E-state index contributed by atoms with van der Waals surface area (Å²) in [4.78, 5) is 4.46. The van der Waals surface area contributed by atoms with E-state index in [1.165, 1.54) is 0 Å². The number of ether oxygens (including phenoxy) is 1. The van der Waals surface area contributed by atoms with Crippen LogP contribution in [0.15, 0.2) is 18.3 Å². The Morgan fingerprint density at radius 1 is 1.22 bits per heavy atom. The summed E-state index contributed by atoms with van der Waals surface area (Å²) in [6, 6.07) is 6.17. The number of nitriles is 1. The molecule has 2 atom stereocenters. The van der Waals surface area contributed by atoms with Gasteiger partial charge in [-0.3, -0.25) is 4.98 Å². The molecule has 0 amide bonds. The van der Waals surface area contributed by atoms with E-state index >= 15 is 0 Å². The summed E-state index contributed by atoms with van der Waals surface area (Å²) in [7, 11) is -0.397. The summed E-state index contributed by atoms with van der Waals surface area (Å²) in [5, 5.41) is 9.20. The monoisotopic (exact) mass is 314 g/mol. The molecule has 2 unspecified atom stereocenters. The molecule has 6 heteroatoms. The van der Waals surface area contributed by atoms with Crippen molar-refractivity contribution in [2.75, 3.05) is 6.61 Å². The topological polar surface area (TPSA) is 64.4 Å². The van der Waals surface area contributed by atoms with Crippen molar-refractivity contribution in [2.24, 2.45) is 0 Å². The molecule has 0 saturated carbocycles. The summed E-state index contributed by atoms with van der Waals surface area (Å²) in [5.74, 6) is 0.127. The lowest BCUT2D eigenvalue weighted by atomic mass is 9.78. The van der Waals surface area contributed by atoms with Crippen LogP contribution < -0.4 is 5.46 Å². The lowest BCUT2D eigenvalue weighted by Crippen LogP contribution is -2.41. The summed E-state index contributed by atoms with van der Waals surface area (Å²) >= 11 is 0. The zero-order valence-corrected chi connectivity index (χ0v) is 14.4. The smallest absolute Gasteiger partial charge is 0.399 e. The van der Waals surface area contributed by atoms with E-state index in [0.717, 1.165) is 11.2 Å². The second kappa shape index (κ2) is 5.30. The van der Waals surface area contributed by atoms with Crippen LogP contribution in [-0.4, -0.2) is 35.5 Å². The summed E-state index contributed by atoms with van der Waals surface area (Å²) in [5.41, 5.74) is 0.441. The number of pyridine rings is 1. The van der Waals surface area contributed by atoms with Gasteiger partial charge < -0.3 is 14.0 Å².